The van der Waals surface area contributed by atoms with Gasteiger partial charge < -0.3 is 19.9 Å². The molecule has 0 bridgehead atoms. The number of hydrogen-bond acceptors (Lipinski definition) is 9. The van der Waals surface area contributed by atoms with E-state index in [2.05, 4.69) is 30.5 Å². The first-order chi connectivity index (χ1) is 18.7. The van der Waals surface area contributed by atoms with Gasteiger partial charge >= 0.3 is 6.18 Å². The second-order valence-corrected chi connectivity index (χ2v) is 9.10. The van der Waals surface area contributed by atoms with Gasteiger partial charge in [-0.1, -0.05) is 0 Å². The number of aromatic nitrogens is 5. The van der Waals surface area contributed by atoms with Crippen LogP contribution in [0, 0.1) is 6.92 Å². The van der Waals surface area contributed by atoms with Gasteiger partial charge in [0.25, 0.3) is 5.56 Å². The number of piperazine rings is 1. The van der Waals surface area contributed by atoms with Crippen molar-refractivity contribution in [3.8, 4) is 0 Å². The Bertz CT molecular complexity index is 1280. The molecule has 4 heterocycles. The molecule has 1 fully saturated rings. The fourth-order valence-corrected chi connectivity index (χ4v) is 4.11. The number of pyridine rings is 1. The highest BCUT2D eigenvalue weighted by atomic mass is 19.4. The third-order valence-corrected chi connectivity index (χ3v) is 6.36. The zero-order chi connectivity index (χ0) is 27.8. The van der Waals surface area contributed by atoms with Gasteiger partial charge in [0.1, 0.15) is 0 Å². The van der Waals surface area contributed by atoms with Gasteiger partial charge in [-0.25, -0.2) is 15.1 Å². The lowest BCUT2D eigenvalue weighted by Gasteiger charge is -2.34. The van der Waals surface area contributed by atoms with Crippen molar-refractivity contribution in [3.63, 3.8) is 0 Å². The molecule has 3 aromatic rings. The SMILES string of the molecule is Cc1c(N[C@H](COCCC(=O)N2CCN(c3ncc(C(F)(F)F)cn3)CC2)Cc2ccncc2)cn[nH]c1=O. The first-order valence-corrected chi connectivity index (χ1v) is 12.4. The fraction of sp³-hybridized carbons (Fsp3) is 0.440. The molecule has 39 heavy (non-hydrogen) atoms. The van der Waals surface area contributed by atoms with Crippen molar-refractivity contribution in [1.82, 2.24) is 30.0 Å². The number of nitrogens with one attached hydrogen (secondary N) is 2. The summed E-state index contributed by atoms with van der Waals surface area (Å²) in [6.07, 6.45) is 2.79. The van der Waals surface area contributed by atoms with Gasteiger partial charge in [-0.2, -0.15) is 18.3 Å². The van der Waals surface area contributed by atoms with Crippen LogP contribution in [0.15, 0.2) is 47.9 Å². The minimum atomic E-state index is -4.49. The lowest BCUT2D eigenvalue weighted by Crippen LogP contribution is -2.49. The van der Waals surface area contributed by atoms with Crippen molar-refractivity contribution in [2.45, 2.75) is 32.0 Å². The molecule has 0 saturated carbocycles. The van der Waals surface area contributed by atoms with Crippen molar-refractivity contribution < 1.29 is 22.7 Å². The van der Waals surface area contributed by atoms with Crippen molar-refractivity contribution in [2.75, 3.05) is 49.6 Å². The molecule has 1 aliphatic rings. The Labute approximate surface area is 222 Å². The Kier molecular flexibility index (Phi) is 9.07. The van der Waals surface area contributed by atoms with E-state index in [1.54, 1.807) is 35.3 Å². The van der Waals surface area contributed by atoms with E-state index in [0.717, 1.165) is 18.0 Å². The summed E-state index contributed by atoms with van der Waals surface area (Å²) in [6, 6.07) is 3.62. The second kappa shape index (κ2) is 12.7. The summed E-state index contributed by atoms with van der Waals surface area (Å²) < 4.78 is 44.0. The smallest absolute Gasteiger partial charge is 0.379 e. The predicted molar refractivity (Wildman–Crippen MR) is 136 cm³/mol. The molecule has 1 saturated heterocycles. The summed E-state index contributed by atoms with van der Waals surface area (Å²) >= 11 is 0. The summed E-state index contributed by atoms with van der Waals surface area (Å²) in [5.41, 5.74) is 0.974. The molecule has 2 N–H and O–H groups in total. The van der Waals surface area contributed by atoms with Crippen LogP contribution in [0.4, 0.5) is 24.8 Å². The summed E-state index contributed by atoms with van der Waals surface area (Å²) in [5.74, 6) is 0.133. The molecule has 11 nitrogen and oxygen atoms in total. The number of halogens is 3. The number of rotatable bonds is 10. The number of carbonyl (C=O) groups is 1. The zero-order valence-corrected chi connectivity index (χ0v) is 21.3. The lowest BCUT2D eigenvalue weighted by molar-refractivity contribution is -0.138. The number of nitrogens with zero attached hydrogens (tertiary/aromatic N) is 6. The maximum Gasteiger partial charge on any atom is 0.419 e. The van der Waals surface area contributed by atoms with Crippen LogP contribution in [0.25, 0.3) is 0 Å². The Morgan fingerprint density at radius 2 is 1.82 bits per heavy atom. The second-order valence-electron chi connectivity index (χ2n) is 9.10. The maximum absolute atomic E-state index is 12.7. The van der Waals surface area contributed by atoms with E-state index in [1.165, 1.54) is 0 Å². The van der Waals surface area contributed by atoms with Crippen LogP contribution >= 0.6 is 0 Å². The van der Waals surface area contributed by atoms with E-state index >= 15 is 0 Å². The lowest BCUT2D eigenvalue weighted by atomic mass is 10.1. The van der Waals surface area contributed by atoms with Crippen molar-refractivity contribution in [3.05, 3.63) is 70.2 Å². The van der Waals surface area contributed by atoms with Gasteiger partial charge in [0.15, 0.2) is 0 Å². The van der Waals surface area contributed by atoms with Crippen molar-refractivity contribution in [2.24, 2.45) is 0 Å². The van der Waals surface area contributed by atoms with Gasteiger partial charge in [-0.15, -0.1) is 0 Å². The molecule has 4 rings (SSSR count). The molecule has 0 aliphatic carbocycles. The quantitative estimate of drug-likeness (QED) is 0.367. The number of amides is 1. The highest BCUT2D eigenvalue weighted by Crippen LogP contribution is 2.28. The van der Waals surface area contributed by atoms with Gasteiger partial charge in [-0.3, -0.25) is 14.6 Å². The largest absolute Gasteiger partial charge is 0.419 e. The number of anilines is 2. The Morgan fingerprint density at radius 3 is 2.49 bits per heavy atom. The molecular weight excluding hydrogens is 517 g/mol. The molecule has 14 heteroatoms. The maximum atomic E-state index is 12.7. The standard InChI is InChI=1S/C25H29F3N8O3/c1-17-21(15-32-34-23(17)38)33-20(12-18-2-5-29-6-3-18)16-39-11-4-22(37)35-7-9-36(10-8-35)24-30-13-19(14-31-24)25(26,27)28/h2-3,5-6,13-15,20H,4,7-12,16H2,1H3,(H2,33,34,38)/t20-/m0/s1. The number of ether oxygens (including phenoxy) is 1. The third-order valence-electron chi connectivity index (χ3n) is 6.36. The predicted octanol–water partition coefficient (Wildman–Crippen LogP) is 2.06. The summed E-state index contributed by atoms with van der Waals surface area (Å²) in [7, 11) is 0. The van der Waals surface area contributed by atoms with Crippen molar-refractivity contribution >= 4 is 17.5 Å². The molecule has 0 spiro atoms. The number of alkyl halides is 3. The summed E-state index contributed by atoms with van der Waals surface area (Å²) in [5, 5.41) is 9.57. The third kappa shape index (κ3) is 7.72. The van der Waals surface area contributed by atoms with E-state index in [-0.39, 0.29) is 36.5 Å². The minimum Gasteiger partial charge on any atom is -0.379 e. The molecule has 3 aromatic heterocycles. The van der Waals surface area contributed by atoms with Crippen LogP contribution in [-0.2, 0) is 22.1 Å². The van der Waals surface area contributed by atoms with Crippen LogP contribution in [0.3, 0.4) is 0 Å². The molecule has 208 valence electrons. The first-order valence-electron chi connectivity index (χ1n) is 12.4. The van der Waals surface area contributed by atoms with Gasteiger partial charge in [-0.05, 0) is 31.0 Å². The van der Waals surface area contributed by atoms with Crippen LogP contribution in [0.5, 0.6) is 0 Å². The molecule has 0 aromatic carbocycles. The highest BCUT2D eigenvalue weighted by molar-refractivity contribution is 5.76. The average Bonchev–Trinajstić information content (AvgIpc) is 2.93. The number of aromatic amines is 1. The monoisotopic (exact) mass is 546 g/mol. The Morgan fingerprint density at radius 1 is 1.13 bits per heavy atom. The average molecular weight is 547 g/mol. The number of carbonyl (C=O) groups excluding carboxylic acids is 1. The topological polar surface area (TPSA) is 129 Å². The zero-order valence-electron chi connectivity index (χ0n) is 21.3. The molecule has 0 radical (unpaired) electrons. The molecule has 1 amide bonds. The van der Waals surface area contributed by atoms with E-state index in [0.29, 0.717) is 50.5 Å². The molecule has 1 atom stereocenters. The van der Waals surface area contributed by atoms with Crippen LogP contribution in [-0.4, -0.2) is 81.4 Å². The summed E-state index contributed by atoms with van der Waals surface area (Å²) in [6.45, 7) is 3.85. The van der Waals surface area contributed by atoms with E-state index < -0.39 is 11.7 Å². The summed E-state index contributed by atoms with van der Waals surface area (Å²) in [4.78, 5) is 39.8. The minimum absolute atomic E-state index is 0.0729. The highest BCUT2D eigenvalue weighted by Gasteiger charge is 2.32. The van der Waals surface area contributed by atoms with Crippen molar-refractivity contribution in [1.29, 1.82) is 0 Å². The van der Waals surface area contributed by atoms with E-state index in [1.807, 2.05) is 12.1 Å². The van der Waals surface area contributed by atoms with Crippen LogP contribution in [0.2, 0.25) is 0 Å². The normalized spacial score (nSPS) is 14.8. The molecular formula is C25H29F3N8O3. The Balaban J connectivity index is 1.24. The first kappa shape index (κ1) is 28.0. The van der Waals surface area contributed by atoms with Gasteiger partial charge in [0.2, 0.25) is 11.9 Å². The number of hydrogen-bond donors (Lipinski definition) is 2. The molecule has 0 unspecified atom stereocenters. The van der Waals surface area contributed by atoms with Gasteiger partial charge in [0, 0.05) is 56.5 Å². The van der Waals surface area contributed by atoms with E-state index in [4.69, 9.17) is 4.74 Å². The van der Waals surface area contributed by atoms with Gasteiger partial charge in [0.05, 0.1) is 43.1 Å². The Hall–Kier alpha value is -4.07. The van der Waals surface area contributed by atoms with Crippen LogP contribution < -0.4 is 15.8 Å². The number of H-pyrrole nitrogens is 1. The molecule has 1 aliphatic heterocycles. The van der Waals surface area contributed by atoms with Crippen LogP contribution in [0.1, 0.15) is 23.1 Å². The fourth-order valence-electron chi connectivity index (χ4n) is 4.11. The van der Waals surface area contributed by atoms with E-state index in [9.17, 15) is 22.8 Å².